The van der Waals surface area contributed by atoms with Crippen molar-refractivity contribution in [2.45, 2.75) is 70.3 Å². The van der Waals surface area contributed by atoms with Crippen LogP contribution in [0.3, 0.4) is 0 Å². The first kappa shape index (κ1) is 22.0. The molecule has 0 saturated carbocycles. The van der Waals surface area contributed by atoms with Gasteiger partial charge in [0.05, 0.1) is 0 Å². The molecule has 0 atom stereocenters. The van der Waals surface area contributed by atoms with E-state index < -0.39 is 8.80 Å². The molecule has 0 aromatic heterocycles. The van der Waals surface area contributed by atoms with Crippen LogP contribution in [0.2, 0.25) is 6.04 Å². The summed E-state index contributed by atoms with van der Waals surface area (Å²) in [6, 6.07) is 0.904. The zero-order valence-electron chi connectivity index (χ0n) is 14.8. The maximum absolute atomic E-state index is 5.86. The molecule has 0 aromatic rings. The largest absolute Gasteiger partial charge is 0.500 e. The molecule has 0 bridgehead atoms. The van der Waals surface area contributed by atoms with Crippen molar-refractivity contribution in [3.63, 3.8) is 0 Å². The summed E-state index contributed by atoms with van der Waals surface area (Å²) in [6.07, 6.45) is 12.3. The summed E-state index contributed by atoms with van der Waals surface area (Å²) in [7, 11) is 0.949. The lowest BCUT2D eigenvalue weighted by Crippen LogP contribution is -2.44. The predicted molar refractivity (Wildman–Crippen MR) is 94.8 cm³/mol. The highest BCUT2D eigenvalue weighted by Crippen LogP contribution is 2.19. The summed E-state index contributed by atoms with van der Waals surface area (Å²) in [5.41, 5.74) is 11.0. The van der Waals surface area contributed by atoms with Gasteiger partial charge >= 0.3 is 8.80 Å². The Morgan fingerprint density at radius 1 is 0.636 bits per heavy atom. The maximum Gasteiger partial charge on any atom is 0.500 e. The maximum atomic E-state index is 5.86. The minimum absolute atomic E-state index is 0.632. The van der Waals surface area contributed by atoms with E-state index in [1.54, 1.807) is 14.2 Å². The van der Waals surface area contributed by atoms with Gasteiger partial charge in [0.25, 0.3) is 0 Å². The highest BCUT2D eigenvalue weighted by Gasteiger charge is 2.37. The molecule has 0 spiro atoms. The third-order valence-electron chi connectivity index (χ3n) is 3.98. The molecule has 6 heteroatoms. The van der Waals surface area contributed by atoms with Crippen molar-refractivity contribution in [1.82, 2.24) is 0 Å². The van der Waals surface area contributed by atoms with Crippen LogP contribution < -0.4 is 11.5 Å². The predicted octanol–water partition coefficient (Wildman–Crippen LogP) is 3.05. The van der Waals surface area contributed by atoms with E-state index in [0.29, 0.717) is 13.2 Å². The Balaban J connectivity index is 3.59. The standard InChI is InChI=1S/C16H38N2O3Si/c1-19-22(20-2,21-15-12-14-18)16-11-9-7-5-3-4-6-8-10-13-17/h3-18H2,1-2H3. The van der Waals surface area contributed by atoms with E-state index in [-0.39, 0.29) is 0 Å². The Hall–Kier alpha value is 0.0169. The third kappa shape index (κ3) is 11.6. The van der Waals surface area contributed by atoms with E-state index in [1.165, 1.54) is 51.4 Å². The molecule has 0 aliphatic rings. The lowest BCUT2D eigenvalue weighted by atomic mass is 10.1. The zero-order valence-corrected chi connectivity index (χ0v) is 15.8. The normalized spacial score (nSPS) is 12.0. The van der Waals surface area contributed by atoms with Gasteiger partial charge in [0, 0.05) is 26.9 Å². The van der Waals surface area contributed by atoms with Crippen molar-refractivity contribution in [1.29, 1.82) is 0 Å². The van der Waals surface area contributed by atoms with Crippen molar-refractivity contribution in [2.24, 2.45) is 11.5 Å². The van der Waals surface area contributed by atoms with E-state index in [0.717, 1.165) is 25.4 Å². The number of rotatable bonds is 17. The van der Waals surface area contributed by atoms with E-state index in [1.807, 2.05) is 0 Å². The first-order valence-electron chi connectivity index (χ1n) is 8.89. The fourth-order valence-corrected chi connectivity index (χ4v) is 4.61. The van der Waals surface area contributed by atoms with Gasteiger partial charge < -0.3 is 24.7 Å². The molecule has 0 unspecified atom stereocenters. The summed E-state index contributed by atoms with van der Waals surface area (Å²) in [6.45, 7) is 2.11. The average molecular weight is 335 g/mol. The summed E-state index contributed by atoms with van der Waals surface area (Å²) >= 11 is 0. The second-order valence-electron chi connectivity index (χ2n) is 5.80. The minimum Gasteiger partial charge on any atom is -0.377 e. The lowest BCUT2D eigenvalue weighted by molar-refractivity contribution is 0.0969. The third-order valence-corrected chi connectivity index (χ3v) is 6.83. The fraction of sp³-hybridized carbons (Fsp3) is 1.00. The average Bonchev–Trinajstić information content (AvgIpc) is 2.55. The first-order valence-corrected chi connectivity index (χ1v) is 10.8. The quantitative estimate of drug-likeness (QED) is 0.316. The molecule has 0 aliphatic heterocycles. The highest BCUT2D eigenvalue weighted by atomic mass is 28.4. The summed E-state index contributed by atoms with van der Waals surface area (Å²) in [4.78, 5) is 0. The molecule has 0 rings (SSSR count). The molecule has 0 aliphatic carbocycles. The molecule has 22 heavy (non-hydrogen) atoms. The molecule has 0 radical (unpaired) electrons. The number of hydrogen-bond acceptors (Lipinski definition) is 5. The Bertz CT molecular complexity index is 229. The molecular formula is C16H38N2O3Si. The molecule has 0 heterocycles. The molecule has 0 amide bonds. The number of unbranched alkanes of at least 4 members (excludes halogenated alkanes) is 8. The second-order valence-corrected chi connectivity index (χ2v) is 8.77. The topological polar surface area (TPSA) is 79.7 Å². The minimum atomic E-state index is -2.44. The van der Waals surface area contributed by atoms with Crippen LogP contribution in [0.5, 0.6) is 0 Å². The monoisotopic (exact) mass is 334 g/mol. The molecule has 4 N–H and O–H groups in total. The van der Waals surface area contributed by atoms with E-state index in [4.69, 9.17) is 24.7 Å². The van der Waals surface area contributed by atoms with E-state index >= 15 is 0 Å². The van der Waals surface area contributed by atoms with Crippen LogP contribution in [0.1, 0.15) is 64.2 Å². The van der Waals surface area contributed by atoms with Crippen molar-refractivity contribution < 1.29 is 13.3 Å². The molecule has 5 nitrogen and oxygen atoms in total. The van der Waals surface area contributed by atoms with Gasteiger partial charge in [-0.3, -0.25) is 0 Å². The van der Waals surface area contributed by atoms with Crippen molar-refractivity contribution in [2.75, 3.05) is 33.9 Å². The van der Waals surface area contributed by atoms with Crippen molar-refractivity contribution in [3.8, 4) is 0 Å². The van der Waals surface area contributed by atoms with Crippen LogP contribution in [-0.2, 0) is 13.3 Å². The summed E-state index contributed by atoms with van der Waals surface area (Å²) in [5.74, 6) is 0. The van der Waals surface area contributed by atoms with Crippen molar-refractivity contribution in [3.05, 3.63) is 0 Å². The Labute approximate surface area is 138 Å². The second kappa shape index (κ2) is 15.9. The van der Waals surface area contributed by atoms with Crippen LogP contribution in [0.15, 0.2) is 0 Å². The van der Waals surface area contributed by atoms with Gasteiger partial charge in [-0.2, -0.15) is 0 Å². The van der Waals surface area contributed by atoms with Crippen LogP contribution in [0.4, 0.5) is 0 Å². The fourth-order valence-electron chi connectivity index (χ4n) is 2.51. The van der Waals surface area contributed by atoms with Gasteiger partial charge in [-0.15, -0.1) is 0 Å². The Morgan fingerprint density at radius 3 is 1.55 bits per heavy atom. The van der Waals surface area contributed by atoms with Gasteiger partial charge in [-0.05, 0) is 32.4 Å². The van der Waals surface area contributed by atoms with Gasteiger partial charge in [0.15, 0.2) is 0 Å². The zero-order chi connectivity index (χ0) is 16.5. The summed E-state index contributed by atoms with van der Waals surface area (Å²) in [5, 5.41) is 0. The lowest BCUT2D eigenvalue weighted by Gasteiger charge is -2.26. The van der Waals surface area contributed by atoms with Gasteiger partial charge in [0.2, 0.25) is 0 Å². The molecule has 0 aromatic carbocycles. The van der Waals surface area contributed by atoms with Crippen LogP contribution in [0.25, 0.3) is 0 Å². The smallest absolute Gasteiger partial charge is 0.377 e. The van der Waals surface area contributed by atoms with Crippen LogP contribution in [0, 0.1) is 0 Å². The number of hydrogen-bond donors (Lipinski definition) is 2. The van der Waals surface area contributed by atoms with Gasteiger partial charge in [0.1, 0.15) is 0 Å². The molecule has 134 valence electrons. The molecule has 0 saturated heterocycles. The summed E-state index contributed by atoms with van der Waals surface area (Å²) < 4.78 is 17.0. The molecular weight excluding hydrogens is 296 g/mol. The van der Waals surface area contributed by atoms with Crippen LogP contribution in [-0.4, -0.2) is 42.7 Å². The highest BCUT2D eigenvalue weighted by molar-refractivity contribution is 6.60. The van der Waals surface area contributed by atoms with Crippen molar-refractivity contribution >= 4 is 8.80 Å². The van der Waals surface area contributed by atoms with Gasteiger partial charge in [-0.1, -0.05) is 44.9 Å². The Morgan fingerprint density at radius 2 is 1.09 bits per heavy atom. The van der Waals surface area contributed by atoms with E-state index in [2.05, 4.69) is 0 Å². The SMILES string of the molecule is CO[Si](CCCCCCCCCCCN)(OC)OCCCN. The molecule has 0 fully saturated rings. The van der Waals surface area contributed by atoms with Crippen LogP contribution >= 0.6 is 0 Å². The Kier molecular flexibility index (Phi) is 15.9. The number of nitrogens with two attached hydrogens (primary N) is 2. The van der Waals surface area contributed by atoms with E-state index in [9.17, 15) is 0 Å². The first-order chi connectivity index (χ1) is 10.7. The van der Waals surface area contributed by atoms with Gasteiger partial charge in [-0.25, -0.2) is 0 Å².